The smallest absolute Gasteiger partial charge is 0.306 e. The average Bonchev–Trinajstić information content (AvgIpc) is 2.81. The van der Waals surface area contributed by atoms with E-state index in [2.05, 4.69) is 13.8 Å². The van der Waals surface area contributed by atoms with Crippen LogP contribution in [0.1, 0.15) is 52.4 Å². The molecule has 3 unspecified atom stereocenters. The summed E-state index contributed by atoms with van der Waals surface area (Å²) in [6, 6.07) is 0. The Bertz CT molecular complexity index is 368. The van der Waals surface area contributed by atoms with Crippen molar-refractivity contribution in [3.05, 3.63) is 0 Å². The molecule has 1 saturated carbocycles. The Morgan fingerprint density at radius 2 is 2.00 bits per heavy atom. The molecule has 2 rings (SSSR count). The van der Waals surface area contributed by atoms with Crippen molar-refractivity contribution in [2.45, 2.75) is 52.4 Å². The van der Waals surface area contributed by atoms with Crippen LogP contribution in [-0.4, -0.2) is 35.0 Å². The monoisotopic (exact) mass is 267 g/mol. The molecule has 1 amide bonds. The highest BCUT2D eigenvalue weighted by atomic mass is 16.4. The highest BCUT2D eigenvalue weighted by molar-refractivity contribution is 5.80. The van der Waals surface area contributed by atoms with Crippen LogP contribution >= 0.6 is 0 Å². The number of carboxylic acids is 1. The molecule has 0 spiro atoms. The van der Waals surface area contributed by atoms with Crippen LogP contribution in [0.25, 0.3) is 0 Å². The highest BCUT2D eigenvalue weighted by Gasteiger charge is 2.39. The topological polar surface area (TPSA) is 57.6 Å². The maximum atomic E-state index is 12.5. The fourth-order valence-electron chi connectivity index (χ4n) is 3.40. The molecule has 1 saturated heterocycles. The Morgan fingerprint density at radius 3 is 2.58 bits per heavy atom. The SMILES string of the molecule is CCC1(C)CCN(C(=O)C2CCCC(C(=O)O)C2)C1. The van der Waals surface area contributed by atoms with E-state index in [0.717, 1.165) is 45.2 Å². The van der Waals surface area contributed by atoms with E-state index in [1.165, 1.54) is 0 Å². The van der Waals surface area contributed by atoms with Gasteiger partial charge < -0.3 is 10.0 Å². The van der Waals surface area contributed by atoms with Gasteiger partial charge in [0.2, 0.25) is 5.91 Å². The minimum atomic E-state index is -0.739. The van der Waals surface area contributed by atoms with Gasteiger partial charge in [-0.2, -0.15) is 0 Å². The predicted octanol–water partition coefficient (Wildman–Crippen LogP) is 2.53. The summed E-state index contributed by atoms with van der Waals surface area (Å²) >= 11 is 0. The molecule has 0 aromatic carbocycles. The van der Waals surface area contributed by atoms with Gasteiger partial charge in [0.25, 0.3) is 0 Å². The number of hydrogen-bond donors (Lipinski definition) is 1. The number of aliphatic carboxylic acids is 1. The molecule has 19 heavy (non-hydrogen) atoms. The maximum absolute atomic E-state index is 12.5. The minimum absolute atomic E-state index is 0.0611. The fourth-order valence-corrected chi connectivity index (χ4v) is 3.40. The third-order valence-electron chi connectivity index (χ3n) is 5.10. The standard InChI is InChI=1S/C15H25NO3/c1-3-15(2)7-8-16(10-15)13(17)11-5-4-6-12(9-11)14(18)19/h11-12H,3-10H2,1-2H3,(H,18,19). The van der Waals surface area contributed by atoms with Crippen LogP contribution in [0, 0.1) is 17.3 Å². The van der Waals surface area contributed by atoms with Gasteiger partial charge in [-0.1, -0.05) is 20.3 Å². The Kier molecular flexibility index (Phi) is 4.16. The second-order valence-corrected chi connectivity index (χ2v) is 6.57. The zero-order valence-electron chi connectivity index (χ0n) is 12.0. The molecule has 1 N–H and O–H groups in total. The van der Waals surface area contributed by atoms with Gasteiger partial charge >= 0.3 is 5.97 Å². The summed E-state index contributed by atoms with van der Waals surface area (Å²) in [5.74, 6) is -0.919. The second kappa shape index (κ2) is 5.51. The second-order valence-electron chi connectivity index (χ2n) is 6.57. The van der Waals surface area contributed by atoms with Crippen molar-refractivity contribution in [2.24, 2.45) is 17.3 Å². The quantitative estimate of drug-likeness (QED) is 0.855. The van der Waals surface area contributed by atoms with Crippen LogP contribution in [0.3, 0.4) is 0 Å². The number of carbonyl (C=O) groups excluding carboxylic acids is 1. The van der Waals surface area contributed by atoms with E-state index in [1.54, 1.807) is 0 Å². The summed E-state index contributed by atoms with van der Waals surface area (Å²) in [4.78, 5) is 25.5. The molecule has 4 nitrogen and oxygen atoms in total. The summed E-state index contributed by atoms with van der Waals surface area (Å²) in [7, 11) is 0. The van der Waals surface area contributed by atoms with Gasteiger partial charge in [-0.15, -0.1) is 0 Å². The molecule has 2 fully saturated rings. The van der Waals surface area contributed by atoms with E-state index in [1.807, 2.05) is 4.90 Å². The highest BCUT2D eigenvalue weighted by Crippen LogP contribution is 2.36. The summed E-state index contributed by atoms with van der Waals surface area (Å²) in [5, 5.41) is 9.10. The number of hydrogen-bond acceptors (Lipinski definition) is 2. The molecule has 0 radical (unpaired) electrons. The Balaban J connectivity index is 1.95. The summed E-state index contributed by atoms with van der Waals surface area (Å²) in [6.07, 6.45) is 5.16. The number of likely N-dealkylation sites (tertiary alicyclic amines) is 1. The van der Waals surface area contributed by atoms with E-state index in [4.69, 9.17) is 5.11 Å². The molecule has 0 bridgehead atoms. The van der Waals surface area contributed by atoms with Crippen molar-refractivity contribution in [2.75, 3.05) is 13.1 Å². The summed E-state index contributed by atoms with van der Waals surface area (Å²) < 4.78 is 0. The molecule has 0 aromatic rings. The zero-order valence-corrected chi connectivity index (χ0v) is 12.0. The van der Waals surface area contributed by atoms with Crippen LogP contribution in [0.4, 0.5) is 0 Å². The Morgan fingerprint density at radius 1 is 1.32 bits per heavy atom. The van der Waals surface area contributed by atoms with Crippen molar-refractivity contribution < 1.29 is 14.7 Å². The van der Waals surface area contributed by atoms with Gasteiger partial charge in [0.05, 0.1) is 5.92 Å². The normalized spacial score (nSPS) is 35.4. The Labute approximate surface area is 115 Å². The number of carbonyl (C=O) groups is 2. The molecular weight excluding hydrogens is 242 g/mol. The number of rotatable bonds is 3. The van der Waals surface area contributed by atoms with Crippen molar-refractivity contribution in [1.29, 1.82) is 0 Å². The van der Waals surface area contributed by atoms with Gasteiger partial charge in [0.1, 0.15) is 0 Å². The molecular formula is C15H25NO3. The zero-order chi connectivity index (χ0) is 14.0. The third-order valence-corrected chi connectivity index (χ3v) is 5.10. The van der Waals surface area contributed by atoms with E-state index in [9.17, 15) is 9.59 Å². The molecule has 3 atom stereocenters. The minimum Gasteiger partial charge on any atom is -0.481 e. The first-order valence-corrected chi connectivity index (χ1v) is 7.47. The molecule has 2 aliphatic rings. The van der Waals surface area contributed by atoms with Crippen LogP contribution < -0.4 is 0 Å². The largest absolute Gasteiger partial charge is 0.481 e. The molecule has 0 aromatic heterocycles. The first-order valence-electron chi connectivity index (χ1n) is 7.47. The van der Waals surface area contributed by atoms with E-state index < -0.39 is 5.97 Å². The lowest BCUT2D eigenvalue weighted by molar-refractivity contribution is -0.145. The van der Waals surface area contributed by atoms with Crippen LogP contribution in [0.2, 0.25) is 0 Å². The molecule has 1 aliphatic heterocycles. The lowest BCUT2D eigenvalue weighted by atomic mass is 9.80. The first kappa shape index (κ1) is 14.4. The Hall–Kier alpha value is -1.06. The van der Waals surface area contributed by atoms with Gasteiger partial charge in [-0.05, 0) is 37.5 Å². The average molecular weight is 267 g/mol. The summed E-state index contributed by atoms with van der Waals surface area (Å²) in [6.45, 7) is 6.10. The van der Waals surface area contributed by atoms with Crippen LogP contribution in [0.5, 0.6) is 0 Å². The van der Waals surface area contributed by atoms with Gasteiger partial charge in [-0.3, -0.25) is 9.59 Å². The van der Waals surface area contributed by atoms with Crippen molar-refractivity contribution >= 4 is 11.9 Å². The van der Waals surface area contributed by atoms with Gasteiger partial charge in [0.15, 0.2) is 0 Å². The molecule has 4 heteroatoms. The number of carboxylic acid groups (broad SMARTS) is 1. The van der Waals surface area contributed by atoms with Gasteiger partial charge in [-0.25, -0.2) is 0 Å². The first-order chi connectivity index (χ1) is 8.95. The molecule has 1 aliphatic carbocycles. The van der Waals surface area contributed by atoms with Crippen LogP contribution in [-0.2, 0) is 9.59 Å². The van der Waals surface area contributed by atoms with Crippen molar-refractivity contribution in [3.63, 3.8) is 0 Å². The maximum Gasteiger partial charge on any atom is 0.306 e. The van der Waals surface area contributed by atoms with E-state index in [0.29, 0.717) is 6.42 Å². The molecule has 108 valence electrons. The van der Waals surface area contributed by atoms with Crippen molar-refractivity contribution in [3.8, 4) is 0 Å². The van der Waals surface area contributed by atoms with Crippen LogP contribution in [0.15, 0.2) is 0 Å². The lowest BCUT2D eigenvalue weighted by Gasteiger charge is -2.30. The fraction of sp³-hybridized carbons (Fsp3) is 0.867. The van der Waals surface area contributed by atoms with E-state index in [-0.39, 0.29) is 23.2 Å². The third kappa shape index (κ3) is 3.10. The van der Waals surface area contributed by atoms with Gasteiger partial charge in [0, 0.05) is 19.0 Å². The number of amides is 1. The summed E-state index contributed by atoms with van der Waals surface area (Å²) in [5.41, 5.74) is 0.260. The van der Waals surface area contributed by atoms with Crippen molar-refractivity contribution in [1.82, 2.24) is 4.90 Å². The lowest BCUT2D eigenvalue weighted by Crippen LogP contribution is -2.38. The molecule has 1 heterocycles. The predicted molar refractivity (Wildman–Crippen MR) is 72.7 cm³/mol. The number of nitrogens with zero attached hydrogens (tertiary/aromatic N) is 1. The van der Waals surface area contributed by atoms with E-state index >= 15 is 0 Å².